The molecule has 30 heavy (non-hydrogen) atoms. The minimum Gasteiger partial charge on any atom is -0.271 e. The molecule has 9 heteroatoms. The SMILES string of the molecule is Cc1cc(C)c(S(=O)(=O)N2CCCC2C(=O)NNC(=O)c2ccccc2Br)c(C)c1. The first-order valence-electron chi connectivity index (χ1n) is 9.57. The van der Waals surface area contributed by atoms with Gasteiger partial charge in [-0.25, -0.2) is 8.42 Å². The maximum atomic E-state index is 13.4. The molecule has 1 fully saturated rings. The normalized spacial score (nSPS) is 17.0. The van der Waals surface area contributed by atoms with E-state index in [0.717, 1.165) is 5.56 Å². The maximum Gasteiger partial charge on any atom is 0.270 e. The van der Waals surface area contributed by atoms with Crippen LogP contribution in [0.15, 0.2) is 45.8 Å². The van der Waals surface area contributed by atoms with E-state index >= 15 is 0 Å². The number of carbonyl (C=O) groups is 2. The van der Waals surface area contributed by atoms with Gasteiger partial charge in [-0.15, -0.1) is 0 Å². The van der Waals surface area contributed by atoms with Crippen molar-refractivity contribution in [3.05, 3.63) is 63.1 Å². The number of sulfonamides is 1. The Morgan fingerprint density at radius 1 is 1.07 bits per heavy atom. The van der Waals surface area contributed by atoms with Crippen LogP contribution in [-0.4, -0.2) is 37.1 Å². The van der Waals surface area contributed by atoms with Crippen molar-refractivity contribution in [3.8, 4) is 0 Å². The van der Waals surface area contributed by atoms with Gasteiger partial charge in [-0.2, -0.15) is 4.31 Å². The Morgan fingerprint density at radius 2 is 1.70 bits per heavy atom. The predicted molar refractivity (Wildman–Crippen MR) is 117 cm³/mol. The largest absolute Gasteiger partial charge is 0.271 e. The lowest BCUT2D eigenvalue weighted by Crippen LogP contribution is -2.51. The van der Waals surface area contributed by atoms with Crippen molar-refractivity contribution in [1.82, 2.24) is 15.2 Å². The highest BCUT2D eigenvalue weighted by molar-refractivity contribution is 9.10. The molecule has 2 amide bonds. The highest BCUT2D eigenvalue weighted by Gasteiger charge is 2.40. The lowest BCUT2D eigenvalue weighted by Gasteiger charge is -2.25. The molecule has 0 aliphatic carbocycles. The molecular weight excluding hydrogens is 470 g/mol. The van der Waals surface area contributed by atoms with Gasteiger partial charge in [-0.05, 0) is 72.8 Å². The molecule has 2 N–H and O–H groups in total. The number of nitrogens with zero attached hydrogens (tertiary/aromatic N) is 1. The summed E-state index contributed by atoms with van der Waals surface area (Å²) >= 11 is 3.29. The summed E-state index contributed by atoms with van der Waals surface area (Å²) in [5.41, 5.74) is 7.39. The Labute approximate surface area is 185 Å². The molecule has 1 unspecified atom stereocenters. The molecule has 0 bridgehead atoms. The second-order valence-electron chi connectivity index (χ2n) is 7.42. The Balaban J connectivity index is 1.78. The summed E-state index contributed by atoms with van der Waals surface area (Å²) < 4.78 is 28.5. The number of rotatable bonds is 4. The van der Waals surface area contributed by atoms with Crippen LogP contribution in [-0.2, 0) is 14.8 Å². The fourth-order valence-electron chi connectivity index (χ4n) is 3.90. The Kier molecular flexibility index (Phi) is 6.64. The van der Waals surface area contributed by atoms with Crippen molar-refractivity contribution >= 4 is 37.8 Å². The minimum absolute atomic E-state index is 0.241. The summed E-state index contributed by atoms with van der Waals surface area (Å²) in [5.74, 6) is -1.05. The molecule has 2 aromatic carbocycles. The molecule has 3 rings (SSSR count). The first-order valence-corrected chi connectivity index (χ1v) is 11.8. The molecule has 0 radical (unpaired) electrons. The lowest BCUT2D eigenvalue weighted by atomic mass is 10.1. The minimum atomic E-state index is -3.86. The molecular formula is C21H24BrN3O4S. The van der Waals surface area contributed by atoms with Gasteiger partial charge in [-0.3, -0.25) is 20.4 Å². The highest BCUT2D eigenvalue weighted by atomic mass is 79.9. The number of halogens is 1. The van der Waals surface area contributed by atoms with Crippen molar-refractivity contribution in [2.75, 3.05) is 6.54 Å². The molecule has 160 valence electrons. The van der Waals surface area contributed by atoms with Crippen molar-refractivity contribution in [1.29, 1.82) is 0 Å². The summed E-state index contributed by atoms with van der Waals surface area (Å²) in [6, 6.07) is 9.57. The number of amides is 2. The average Bonchev–Trinajstić information content (AvgIpc) is 3.16. The molecule has 1 aliphatic rings. The topological polar surface area (TPSA) is 95.6 Å². The Hall–Kier alpha value is -2.23. The number of benzene rings is 2. The quantitative estimate of drug-likeness (QED) is 0.639. The van der Waals surface area contributed by atoms with Crippen molar-refractivity contribution in [2.45, 2.75) is 44.6 Å². The summed E-state index contributed by atoms with van der Waals surface area (Å²) in [4.78, 5) is 25.3. The van der Waals surface area contributed by atoms with Crippen LogP contribution in [0.4, 0.5) is 0 Å². The fraction of sp³-hybridized carbons (Fsp3) is 0.333. The monoisotopic (exact) mass is 493 g/mol. The molecule has 0 saturated carbocycles. The summed E-state index contributed by atoms with van der Waals surface area (Å²) in [5, 5.41) is 0. The molecule has 0 spiro atoms. The molecule has 1 aliphatic heterocycles. The molecule has 7 nitrogen and oxygen atoms in total. The van der Waals surface area contributed by atoms with Gasteiger partial charge in [0.25, 0.3) is 11.8 Å². The highest BCUT2D eigenvalue weighted by Crippen LogP contribution is 2.30. The lowest BCUT2D eigenvalue weighted by molar-refractivity contribution is -0.125. The van der Waals surface area contributed by atoms with E-state index in [-0.39, 0.29) is 11.4 Å². The number of carbonyl (C=O) groups excluding carboxylic acids is 2. The van der Waals surface area contributed by atoms with E-state index in [2.05, 4.69) is 26.8 Å². The van der Waals surface area contributed by atoms with Crippen LogP contribution in [0, 0.1) is 20.8 Å². The van der Waals surface area contributed by atoms with Gasteiger partial charge in [0, 0.05) is 11.0 Å². The average molecular weight is 494 g/mol. The van der Waals surface area contributed by atoms with E-state index in [1.807, 2.05) is 19.1 Å². The molecule has 0 aromatic heterocycles. The Morgan fingerprint density at radius 3 is 2.33 bits per heavy atom. The maximum absolute atomic E-state index is 13.4. The van der Waals surface area contributed by atoms with Crippen LogP contribution in [0.2, 0.25) is 0 Å². The number of aryl methyl sites for hydroxylation is 3. The van der Waals surface area contributed by atoms with Crippen LogP contribution >= 0.6 is 15.9 Å². The fourth-order valence-corrected chi connectivity index (χ4v) is 6.43. The van der Waals surface area contributed by atoms with E-state index in [0.29, 0.717) is 34.0 Å². The molecule has 2 aromatic rings. The van der Waals surface area contributed by atoms with Crippen LogP contribution in [0.5, 0.6) is 0 Å². The zero-order valence-corrected chi connectivity index (χ0v) is 19.4. The smallest absolute Gasteiger partial charge is 0.270 e. The zero-order valence-electron chi connectivity index (χ0n) is 17.0. The predicted octanol–water partition coefficient (Wildman–Crippen LogP) is 2.99. The summed E-state index contributed by atoms with van der Waals surface area (Å²) in [7, 11) is -3.86. The third-order valence-corrected chi connectivity index (χ3v) is 8.00. The van der Waals surface area contributed by atoms with Gasteiger partial charge in [0.2, 0.25) is 10.0 Å². The summed E-state index contributed by atoms with van der Waals surface area (Å²) in [6.07, 6.45) is 0.958. The van der Waals surface area contributed by atoms with Crippen molar-refractivity contribution < 1.29 is 18.0 Å². The molecule has 1 atom stereocenters. The van der Waals surface area contributed by atoms with Gasteiger partial charge in [0.15, 0.2) is 0 Å². The van der Waals surface area contributed by atoms with Gasteiger partial charge in [0.05, 0.1) is 10.5 Å². The molecule has 1 heterocycles. The third kappa shape index (κ3) is 4.43. The van der Waals surface area contributed by atoms with E-state index < -0.39 is 27.9 Å². The molecule has 1 saturated heterocycles. The number of hydrogen-bond donors (Lipinski definition) is 2. The van der Waals surface area contributed by atoms with Gasteiger partial charge >= 0.3 is 0 Å². The van der Waals surface area contributed by atoms with E-state index in [4.69, 9.17) is 0 Å². The standard InChI is InChI=1S/C21H24BrN3O4S/c1-13-11-14(2)19(15(3)12-13)30(28,29)25-10-6-9-18(25)21(27)24-23-20(26)16-7-4-5-8-17(16)22/h4-5,7-8,11-12,18H,6,9-10H2,1-3H3,(H,23,26)(H,24,27). The number of hydrogen-bond acceptors (Lipinski definition) is 4. The van der Waals surface area contributed by atoms with E-state index in [1.54, 1.807) is 38.1 Å². The first-order chi connectivity index (χ1) is 14.1. The second-order valence-corrected chi connectivity index (χ2v) is 10.1. The zero-order chi connectivity index (χ0) is 22.1. The van der Waals surface area contributed by atoms with Crippen LogP contribution in [0.3, 0.4) is 0 Å². The van der Waals surface area contributed by atoms with Crippen LogP contribution in [0.1, 0.15) is 39.9 Å². The van der Waals surface area contributed by atoms with E-state index in [9.17, 15) is 18.0 Å². The Bertz CT molecular complexity index is 1080. The van der Waals surface area contributed by atoms with Gasteiger partial charge < -0.3 is 0 Å². The van der Waals surface area contributed by atoms with Crippen molar-refractivity contribution in [2.24, 2.45) is 0 Å². The third-order valence-electron chi connectivity index (χ3n) is 5.10. The number of nitrogens with one attached hydrogen (secondary N) is 2. The van der Waals surface area contributed by atoms with Crippen LogP contribution in [0.25, 0.3) is 0 Å². The summed E-state index contributed by atoms with van der Waals surface area (Å²) in [6.45, 7) is 5.69. The van der Waals surface area contributed by atoms with Gasteiger partial charge in [-0.1, -0.05) is 29.8 Å². The second kappa shape index (κ2) is 8.87. The van der Waals surface area contributed by atoms with E-state index in [1.165, 1.54) is 4.31 Å². The number of hydrazine groups is 1. The first kappa shape index (κ1) is 22.5. The van der Waals surface area contributed by atoms with Gasteiger partial charge in [0.1, 0.15) is 6.04 Å². The van der Waals surface area contributed by atoms with Crippen molar-refractivity contribution in [3.63, 3.8) is 0 Å². The van der Waals surface area contributed by atoms with Crippen LogP contribution < -0.4 is 10.9 Å².